The predicted octanol–water partition coefficient (Wildman–Crippen LogP) is 2.46. The first-order valence-corrected chi connectivity index (χ1v) is 6.82. The third-order valence-electron chi connectivity index (χ3n) is 2.94. The Hall–Kier alpha value is -1.55. The van der Waals surface area contributed by atoms with Crippen LogP contribution in [-0.4, -0.2) is 29.8 Å². The van der Waals surface area contributed by atoms with Gasteiger partial charge in [-0.05, 0) is 58.2 Å². The summed E-state index contributed by atoms with van der Waals surface area (Å²) in [6.07, 6.45) is -0.0855. The van der Waals surface area contributed by atoms with Crippen LogP contribution >= 0.6 is 0 Å². The minimum absolute atomic E-state index is 0.172. The quantitative estimate of drug-likeness (QED) is 0.890. The number of aryl methyl sites for hydroxylation is 1. The number of rotatable bonds is 4. The molecule has 0 unspecified atom stereocenters. The number of amides is 1. The van der Waals surface area contributed by atoms with E-state index in [9.17, 15) is 9.90 Å². The van der Waals surface area contributed by atoms with Crippen molar-refractivity contribution in [2.45, 2.75) is 52.7 Å². The fourth-order valence-electron chi connectivity index (χ4n) is 2.11. The fourth-order valence-corrected chi connectivity index (χ4v) is 2.11. The Morgan fingerprint density at radius 3 is 2.45 bits per heavy atom. The van der Waals surface area contributed by atoms with Gasteiger partial charge in [-0.2, -0.15) is 0 Å². The van der Waals surface area contributed by atoms with Crippen LogP contribution in [-0.2, 0) is 6.42 Å². The first kappa shape index (κ1) is 16.5. The maximum atomic E-state index is 12.5. The molecule has 0 aliphatic carbocycles. The van der Waals surface area contributed by atoms with Crippen LogP contribution in [0.25, 0.3) is 0 Å². The first-order chi connectivity index (χ1) is 9.15. The van der Waals surface area contributed by atoms with Crippen molar-refractivity contribution in [3.63, 3.8) is 0 Å². The van der Waals surface area contributed by atoms with E-state index in [1.165, 1.54) is 0 Å². The number of methoxy groups -OCH3 is 1. The van der Waals surface area contributed by atoms with Crippen molar-refractivity contribution < 1.29 is 14.6 Å². The Bertz CT molecular complexity index is 487. The molecule has 0 bridgehead atoms. The number of benzene rings is 1. The summed E-state index contributed by atoms with van der Waals surface area (Å²) in [5.74, 6) is 0.363. The summed E-state index contributed by atoms with van der Waals surface area (Å²) in [7, 11) is 1.55. The lowest BCUT2D eigenvalue weighted by Gasteiger charge is -2.23. The van der Waals surface area contributed by atoms with Gasteiger partial charge in [0.1, 0.15) is 5.75 Å². The summed E-state index contributed by atoms with van der Waals surface area (Å²) in [5.41, 5.74) is 2.00. The largest absolute Gasteiger partial charge is 0.496 e. The lowest BCUT2D eigenvalue weighted by molar-refractivity contribution is 0.0914. The average Bonchev–Trinajstić information content (AvgIpc) is 2.28. The van der Waals surface area contributed by atoms with Gasteiger partial charge in [0.2, 0.25) is 0 Å². The Kier molecular flexibility index (Phi) is 5.17. The molecular formula is C16H25NO3. The number of hydrogen-bond donors (Lipinski definition) is 2. The molecule has 0 heterocycles. The minimum atomic E-state index is -0.512. The maximum Gasteiger partial charge on any atom is 0.255 e. The van der Waals surface area contributed by atoms with E-state index in [0.29, 0.717) is 17.7 Å². The van der Waals surface area contributed by atoms with Crippen LogP contribution in [0.5, 0.6) is 5.75 Å². The van der Waals surface area contributed by atoms with E-state index in [1.807, 2.05) is 33.8 Å². The van der Waals surface area contributed by atoms with Crippen molar-refractivity contribution >= 4 is 5.91 Å². The smallest absolute Gasteiger partial charge is 0.255 e. The van der Waals surface area contributed by atoms with Gasteiger partial charge in [-0.1, -0.05) is 6.07 Å². The van der Waals surface area contributed by atoms with Gasteiger partial charge in [-0.15, -0.1) is 0 Å². The zero-order chi connectivity index (χ0) is 15.5. The molecule has 1 atom stereocenters. The van der Waals surface area contributed by atoms with Crippen molar-refractivity contribution in [3.8, 4) is 5.75 Å². The molecule has 4 heteroatoms. The Morgan fingerprint density at radius 2 is 2.00 bits per heavy atom. The van der Waals surface area contributed by atoms with Crippen molar-refractivity contribution in [2.75, 3.05) is 7.11 Å². The molecule has 0 spiro atoms. The average molecular weight is 279 g/mol. The number of aliphatic hydroxyl groups is 1. The summed E-state index contributed by atoms with van der Waals surface area (Å²) in [6.45, 7) is 9.44. The summed E-state index contributed by atoms with van der Waals surface area (Å²) in [5, 5.41) is 12.6. The van der Waals surface area contributed by atoms with E-state index in [4.69, 9.17) is 4.74 Å². The number of hydrogen-bond acceptors (Lipinski definition) is 3. The second-order valence-corrected chi connectivity index (χ2v) is 6.20. The van der Waals surface area contributed by atoms with Crippen LogP contribution in [0.15, 0.2) is 12.1 Å². The molecule has 2 N–H and O–H groups in total. The van der Waals surface area contributed by atoms with Gasteiger partial charge in [0.15, 0.2) is 0 Å². The monoisotopic (exact) mass is 279 g/mol. The Morgan fingerprint density at radius 1 is 1.40 bits per heavy atom. The molecule has 0 fully saturated rings. The topological polar surface area (TPSA) is 58.6 Å². The lowest BCUT2D eigenvalue weighted by atomic mass is 9.94. The molecule has 0 radical (unpaired) electrons. The Balaban J connectivity index is 3.32. The highest BCUT2D eigenvalue weighted by atomic mass is 16.5. The number of ether oxygens (including phenoxy) is 1. The molecule has 1 aromatic rings. The highest BCUT2D eigenvalue weighted by molar-refractivity contribution is 5.99. The van der Waals surface area contributed by atoms with E-state index in [-0.39, 0.29) is 11.4 Å². The van der Waals surface area contributed by atoms with Gasteiger partial charge in [-0.25, -0.2) is 0 Å². The molecule has 112 valence electrons. The molecule has 4 nitrogen and oxygen atoms in total. The van der Waals surface area contributed by atoms with Crippen molar-refractivity contribution in [1.82, 2.24) is 5.32 Å². The van der Waals surface area contributed by atoms with Crippen LogP contribution in [0.1, 0.15) is 49.2 Å². The normalized spacial score (nSPS) is 12.9. The van der Waals surface area contributed by atoms with E-state index < -0.39 is 6.10 Å². The maximum absolute atomic E-state index is 12.5. The molecule has 0 saturated heterocycles. The van der Waals surface area contributed by atoms with Gasteiger partial charge >= 0.3 is 0 Å². The van der Waals surface area contributed by atoms with Gasteiger partial charge in [-0.3, -0.25) is 4.79 Å². The van der Waals surface area contributed by atoms with Gasteiger partial charge < -0.3 is 15.2 Å². The highest BCUT2D eigenvalue weighted by Crippen LogP contribution is 2.27. The van der Waals surface area contributed by atoms with Crippen LogP contribution in [0, 0.1) is 6.92 Å². The molecule has 0 aliphatic heterocycles. The zero-order valence-electron chi connectivity index (χ0n) is 13.2. The van der Waals surface area contributed by atoms with Gasteiger partial charge in [0.25, 0.3) is 5.91 Å². The fraction of sp³-hybridized carbons (Fsp3) is 0.562. The molecule has 1 aromatic carbocycles. The number of carbonyl (C=O) groups is 1. The third-order valence-corrected chi connectivity index (χ3v) is 2.94. The standard InChI is InChI=1S/C16H25NO3/c1-10-7-8-13(20-6)14(12(10)9-11(2)18)15(19)17-16(3,4)5/h7-8,11,18H,9H2,1-6H3,(H,17,19)/t11-/m1/s1. The summed E-state index contributed by atoms with van der Waals surface area (Å²) in [6, 6.07) is 3.70. The molecular weight excluding hydrogens is 254 g/mol. The predicted molar refractivity (Wildman–Crippen MR) is 80.3 cm³/mol. The van der Waals surface area contributed by atoms with Crippen LogP contribution in [0.2, 0.25) is 0 Å². The van der Waals surface area contributed by atoms with E-state index in [0.717, 1.165) is 11.1 Å². The van der Waals surface area contributed by atoms with Gasteiger partial charge in [0.05, 0.1) is 18.8 Å². The summed E-state index contributed by atoms with van der Waals surface area (Å²) in [4.78, 5) is 12.5. The van der Waals surface area contributed by atoms with Crippen molar-refractivity contribution in [1.29, 1.82) is 0 Å². The molecule has 0 saturated carbocycles. The molecule has 20 heavy (non-hydrogen) atoms. The summed E-state index contributed by atoms with van der Waals surface area (Å²) < 4.78 is 5.32. The SMILES string of the molecule is COc1ccc(C)c(C[C@@H](C)O)c1C(=O)NC(C)(C)C. The van der Waals surface area contributed by atoms with Gasteiger partial charge in [0, 0.05) is 5.54 Å². The molecule has 1 rings (SSSR count). The number of aliphatic hydroxyl groups excluding tert-OH is 1. The second kappa shape index (κ2) is 6.27. The third kappa shape index (κ3) is 4.23. The van der Waals surface area contributed by atoms with Crippen molar-refractivity contribution in [2.24, 2.45) is 0 Å². The number of carbonyl (C=O) groups excluding carboxylic acids is 1. The lowest BCUT2D eigenvalue weighted by Crippen LogP contribution is -2.41. The van der Waals surface area contributed by atoms with E-state index >= 15 is 0 Å². The van der Waals surface area contributed by atoms with E-state index in [2.05, 4.69) is 5.32 Å². The second-order valence-electron chi connectivity index (χ2n) is 6.20. The van der Waals surface area contributed by atoms with Crippen molar-refractivity contribution in [3.05, 3.63) is 28.8 Å². The molecule has 0 aliphatic rings. The minimum Gasteiger partial charge on any atom is -0.496 e. The Labute approximate surface area is 121 Å². The molecule has 0 aromatic heterocycles. The highest BCUT2D eigenvalue weighted by Gasteiger charge is 2.23. The summed E-state index contributed by atoms with van der Waals surface area (Å²) >= 11 is 0. The molecule has 1 amide bonds. The van der Waals surface area contributed by atoms with Crippen LogP contribution in [0.4, 0.5) is 0 Å². The zero-order valence-corrected chi connectivity index (χ0v) is 13.2. The van der Waals surface area contributed by atoms with Crippen LogP contribution < -0.4 is 10.1 Å². The van der Waals surface area contributed by atoms with E-state index in [1.54, 1.807) is 20.1 Å². The van der Waals surface area contributed by atoms with Crippen LogP contribution in [0.3, 0.4) is 0 Å². The number of nitrogens with one attached hydrogen (secondary N) is 1. The first-order valence-electron chi connectivity index (χ1n) is 6.82.